The van der Waals surface area contributed by atoms with Crippen molar-refractivity contribution in [2.24, 2.45) is 16.6 Å². The van der Waals surface area contributed by atoms with E-state index >= 15 is 0 Å². The Bertz CT molecular complexity index is 203. The number of rotatable bonds is 8. The van der Waals surface area contributed by atoms with Gasteiger partial charge in [-0.25, -0.2) is 0 Å². The first-order valence-electron chi connectivity index (χ1n) is 6.55. The molecule has 0 heterocycles. The van der Waals surface area contributed by atoms with E-state index in [4.69, 9.17) is 5.73 Å². The van der Waals surface area contributed by atoms with E-state index < -0.39 is 0 Å². The number of methoxy groups -OCH3 is 1. The third kappa shape index (κ3) is 16.9. The second-order valence-electron chi connectivity index (χ2n) is 4.03. The van der Waals surface area contributed by atoms with E-state index in [1.54, 1.807) is 14.2 Å². The van der Waals surface area contributed by atoms with Gasteiger partial charge >= 0.3 is 0 Å². The zero-order chi connectivity index (χ0) is 14.2. The van der Waals surface area contributed by atoms with Crippen LogP contribution in [0.15, 0.2) is 4.99 Å². The predicted molar refractivity (Wildman–Crippen MR) is 83.5 cm³/mol. The SMILES string of the molecule is C.CCCC(CCC)C(=O)NCCN=CN.COC. The maximum Gasteiger partial charge on any atom is 0.223 e. The summed E-state index contributed by atoms with van der Waals surface area (Å²) >= 11 is 0. The minimum Gasteiger partial charge on any atom is -0.390 e. The van der Waals surface area contributed by atoms with Crippen molar-refractivity contribution in [3.05, 3.63) is 0 Å². The first kappa shape index (κ1) is 23.0. The molecule has 116 valence electrons. The van der Waals surface area contributed by atoms with Gasteiger partial charge in [-0.3, -0.25) is 9.79 Å². The smallest absolute Gasteiger partial charge is 0.223 e. The van der Waals surface area contributed by atoms with Gasteiger partial charge in [0.05, 0.1) is 12.9 Å². The molecule has 0 aromatic carbocycles. The molecule has 0 aliphatic rings. The van der Waals surface area contributed by atoms with Crippen molar-refractivity contribution in [1.29, 1.82) is 0 Å². The molecule has 0 saturated heterocycles. The lowest BCUT2D eigenvalue weighted by Gasteiger charge is -2.14. The summed E-state index contributed by atoms with van der Waals surface area (Å²) in [7, 11) is 3.25. The quantitative estimate of drug-likeness (QED) is 0.405. The van der Waals surface area contributed by atoms with E-state index in [9.17, 15) is 4.79 Å². The molecule has 5 heteroatoms. The van der Waals surface area contributed by atoms with E-state index in [1.165, 1.54) is 6.34 Å². The fraction of sp³-hybridized carbons (Fsp3) is 0.857. The van der Waals surface area contributed by atoms with E-state index in [0.717, 1.165) is 25.7 Å². The van der Waals surface area contributed by atoms with Gasteiger partial charge in [0.15, 0.2) is 0 Å². The molecule has 0 aromatic heterocycles. The van der Waals surface area contributed by atoms with Crippen LogP contribution in [0.5, 0.6) is 0 Å². The maximum absolute atomic E-state index is 11.7. The van der Waals surface area contributed by atoms with Crippen molar-refractivity contribution < 1.29 is 9.53 Å². The Morgan fingerprint density at radius 2 is 1.79 bits per heavy atom. The summed E-state index contributed by atoms with van der Waals surface area (Å²) < 4.78 is 4.25. The molecule has 0 atom stereocenters. The number of nitrogens with two attached hydrogens (primary N) is 1. The fourth-order valence-corrected chi connectivity index (χ4v) is 1.57. The van der Waals surface area contributed by atoms with Crippen LogP contribution in [0.2, 0.25) is 0 Å². The summed E-state index contributed by atoms with van der Waals surface area (Å²) in [5.74, 6) is 0.327. The van der Waals surface area contributed by atoms with Crippen LogP contribution >= 0.6 is 0 Å². The van der Waals surface area contributed by atoms with E-state index in [-0.39, 0.29) is 19.3 Å². The number of nitrogens with one attached hydrogen (secondary N) is 1. The van der Waals surface area contributed by atoms with Gasteiger partial charge in [0.2, 0.25) is 5.91 Å². The highest BCUT2D eigenvalue weighted by Gasteiger charge is 2.15. The Morgan fingerprint density at radius 1 is 1.32 bits per heavy atom. The number of nitrogens with zero attached hydrogens (tertiary/aromatic N) is 1. The summed E-state index contributed by atoms with van der Waals surface area (Å²) in [6.45, 7) is 5.35. The van der Waals surface area contributed by atoms with Gasteiger partial charge in [-0.2, -0.15) is 0 Å². The largest absolute Gasteiger partial charge is 0.390 e. The van der Waals surface area contributed by atoms with Gasteiger partial charge in [-0.1, -0.05) is 34.1 Å². The van der Waals surface area contributed by atoms with E-state index in [2.05, 4.69) is 28.9 Å². The van der Waals surface area contributed by atoms with E-state index in [0.29, 0.717) is 13.1 Å². The van der Waals surface area contributed by atoms with Crippen LogP contribution in [0.1, 0.15) is 47.0 Å². The molecule has 0 spiro atoms. The van der Waals surface area contributed by atoms with Crippen molar-refractivity contribution in [2.75, 3.05) is 27.3 Å². The average Bonchev–Trinajstić information content (AvgIpc) is 2.35. The van der Waals surface area contributed by atoms with Crippen molar-refractivity contribution in [1.82, 2.24) is 5.32 Å². The van der Waals surface area contributed by atoms with Gasteiger partial charge in [0.25, 0.3) is 0 Å². The Kier molecular flexibility index (Phi) is 23.3. The topological polar surface area (TPSA) is 76.7 Å². The molecule has 19 heavy (non-hydrogen) atoms. The lowest BCUT2D eigenvalue weighted by Crippen LogP contribution is -2.32. The van der Waals surface area contributed by atoms with Crippen molar-refractivity contribution >= 4 is 12.2 Å². The van der Waals surface area contributed by atoms with Gasteiger partial charge in [0, 0.05) is 26.7 Å². The summed E-state index contributed by atoms with van der Waals surface area (Å²) in [6.07, 6.45) is 5.32. The van der Waals surface area contributed by atoms with Crippen molar-refractivity contribution in [3.63, 3.8) is 0 Å². The minimum atomic E-state index is 0. The molecule has 0 aromatic rings. The highest BCUT2D eigenvalue weighted by atomic mass is 16.4. The molecule has 0 aliphatic carbocycles. The molecule has 3 N–H and O–H groups in total. The monoisotopic (exact) mass is 275 g/mol. The normalized spacial score (nSPS) is 9.74. The molecule has 1 amide bonds. The molecule has 5 nitrogen and oxygen atoms in total. The lowest BCUT2D eigenvalue weighted by atomic mass is 9.97. The summed E-state index contributed by atoms with van der Waals surface area (Å²) in [5.41, 5.74) is 5.10. The highest BCUT2D eigenvalue weighted by molar-refractivity contribution is 5.78. The number of carbonyl (C=O) groups is 1. The minimum absolute atomic E-state index is 0. The molecule has 0 aliphatic heterocycles. The molecule has 0 rings (SSSR count). The summed E-state index contributed by atoms with van der Waals surface area (Å²) in [6, 6.07) is 0. The molecule has 0 fully saturated rings. The first-order chi connectivity index (χ1) is 8.67. The number of ether oxygens (including phenoxy) is 1. The van der Waals surface area contributed by atoms with E-state index in [1.807, 2.05) is 0 Å². The third-order valence-electron chi connectivity index (χ3n) is 2.29. The van der Waals surface area contributed by atoms with Gasteiger partial charge in [-0.05, 0) is 12.8 Å². The van der Waals surface area contributed by atoms with Crippen LogP contribution in [0.3, 0.4) is 0 Å². The molecule has 0 unspecified atom stereocenters. The van der Waals surface area contributed by atoms with Crippen LogP contribution in [0.4, 0.5) is 0 Å². The molecule has 0 bridgehead atoms. The standard InChI is InChI=1S/C11H23N3O.C2H6O.CH4/c1-3-5-10(6-4-2)11(15)14-8-7-13-9-12;1-3-2;/h9-10H,3-8H2,1-2H3,(H2,12,13)(H,14,15);1-2H3;1H4. The Morgan fingerprint density at radius 3 is 2.16 bits per heavy atom. The summed E-state index contributed by atoms with van der Waals surface area (Å²) in [4.78, 5) is 15.5. The average molecular weight is 275 g/mol. The van der Waals surface area contributed by atoms with Crippen LogP contribution < -0.4 is 11.1 Å². The lowest BCUT2D eigenvalue weighted by molar-refractivity contribution is -0.125. The van der Waals surface area contributed by atoms with Crippen LogP contribution in [-0.4, -0.2) is 39.6 Å². The first-order valence-corrected chi connectivity index (χ1v) is 6.55. The van der Waals surface area contributed by atoms with Crippen molar-refractivity contribution in [2.45, 2.75) is 47.0 Å². The highest BCUT2D eigenvalue weighted by Crippen LogP contribution is 2.13. The fourth-order valence-electron chi connectivity index (χ4n) is 1.57. The Balaban J connectivity index is -0.000000580. The molecule has 0 saturated carbocycles. The second-order valence-corrected chi connectivity index (χ2v) is 4.03. The third-order valence-corrected chi connectivity index (χ3v) is 2.29. The zero-order valence-corrected chi connectivity index (χ0v) is 12.2. The number of aliphatic imine (C=N–C) groups is 1. The van der Waals surface area contributed by atoms with Gasteiger partial charge < -0.3 is 15.8 Å². The van der Waals surface area contributed by atoms with Crippen molar-refractivity contribution in [3.8, 4) is 0 Å². The number of hydrogen-bond donors (Lipinski definition) is 2. The Hall–Kier alpha value is -1.10. The molecular weight excluding hydrogens is 242 g/mol. The van der Waals surface area contributed by atoms with Gasteiger partial charge in [0.1, 0.15) is 0 Å². The predicted octanol–water partition coefficient (Wildman–Crippen LogP) is 2.20. The number of amides is 1. The van der Waals surface area contributed by atoms with Crippen LogP contribution in [0, 0.1) is 5.92 Å². The maximum atomic E-state index is 11.7. The van der Waals surface area contributed by atoms with Gasteiger partial charge in [-0.15, -0.1) is 0 Å². The number of carbonyl (C=O) groups excluding carboxylic acids is 1. The second kappa shape index (κ2) is 19.2. The number of hydrogen-bond acceptors (Lipinski definition) is 3. The zero-order valence-electron chi connectivity index (χ0n) is 12.2. The van der Waals surface area contributed by atoms with Crippen LogP contribution in [-0.2, 0) is 9.53 Å². The Labute approximate surface area is 119 Å². The molecular formula is C14H33N3O2. The van der Waals surface area contributed by atoms with Crippen LogP contribution in [0.25, 0.3) is 0 Å². The molecule has 0 radical (unpaired) electrons. The summed E-state index contributed by atoms with van der Waals surface area (Å²) in [5, 5.41) is 2.88.